The Morgan fingerprint density at radius 2 is 2.12 bits per heavy atom. The predicted octanol–water partition coefficient (Wildman–Crippen LogP) is 2.34. The third-order valence-corrected chi connectivity index (χ3v) is 2.07. The maximum absolute atomic E-state index is 11.0. The van der Waals surface area contributed by atoms with Gasteiger partial charge in [0.1, 0.15) is 6.61 Å². The summed E-state index contributed by atoms with van der Waals surface area (Å²) < 4.78 is 10.7. The number of nitrogens with zero attached hydrogens (tertiary/aromatic N) is 1. The van der Waals surface area contributed by atoms with E-state index < -0.39 is 0 Å². The second-order valence-corrected chi connectivity index (χ2v) is 4.26. The summed E-state index contributed by atoms with van der Waals surface area (Å²) >= 11 is 0. The van der Waals surface area contributed by atoms with Gasteiger partial charge in [0.05, 0.1) is 6.61 Å². The molecule has 17 heavy (non-hydrogen) atoms. The van der Waals surface area contributed by atoms with Gasteiger partial charge in [0.15, 0.2) is 5.78 Å². The number of rotatable bonds is 7. The largest absolute Gasteiger partial charge is 0.475 e. The molecule has 0 bridgehead atoms. The van der Waals surface area contributed by atoms with Gasteiger partial charge in [0.25, 0.3) is 0 Å². The van der Waals surface area contributed by atoms with Gasteiger partial charge < -0.3 is 9.47 Å². The van der Waals surface area contributed by atoms with Crippen LogP contribution in [0.5, 0.6) is 5.88 Å². The fourth-order valence-electron chi connectivity index (χ4n) is 1.20. The number of hydrogen-bond acceptors (Lipinski definition) is 4. The molecule has 0 spiro atoms. The first-order valence-electron chi connectivity index (χ1n) is 5.77. The number of ketones is 1. The Morgan fingerprint density at radius 1 is 1.35 bits per heavy atom. The van der Waals surface area contributed by atoms with Crippen LogP contribution >= 0.6 is 0 Å². The van der Waals surface area contributed by atoms with Crippen molar-refractivity contribution in [1.29, 1.82) is 0 Å². The lowest BCUT2D eigenvalue weighted by molar-refractivity contribution is 0.0806. The van der Waals surface area contributed by atoms with Crippen molar-refractivity contribution in [3.05, 3.63) is 23.9 Å². The van der Waals surface area contributed by atoms with Gasteiger partial charge in [-0.2, -0.15) is 0 Å². The molecule has 0 unspecified atom stereocenters. The van der Waals surface area contributed by atoms with E-state index in [4.69, 9.17) is 9.47 Å². The number of Topliss-reactive ketones (excluding diaryl/α,β-unsaturated/α-hetero) is 1. The van der Waals surface area contributed by atoms with Gasteiger partial charge in [0, 0.05) is 24.4 Å². The monoisotopic (exact) mass is 237 g/mol. The van der Waals surface area contributed by atoms with Crippen LogP contribution in [0.2, 0.25) is 0 Å². The summed E-state index contributed by atoms with van der Waals surface area (Å²) in [5.41, 5.74) is 0.591. The molecule has 0 N–H and O–H groups in total. The average molecular weight is 237 g/mol. The quantitative estimate of drug-likeness (QED) is 0.539. The van der Waals surface area contributed by atoms with Crippen LogP contribution in [0.1, 0.15) is 31.1 Å². The zero-order valence-corrected chi connectivity index (χ0v) is 10.6. The summed E-state index contributed by atoms with van der Waals surface area (Å²) in [4.78, 5) is 15.1. The highest BCUT2D eigenvalue weighted by molar-refractivity contribution is 5.93. The average Bonchev–Trinajstić information content (AvgIpc) is 2.29. The van der Waals surface area contributed by atoms with E-state index in [2.05, 4.69) is 18.8 Å². The van der Waals surface area contributed by atoms with Crippen LogP contribution in [0, 0.1) is 5.92 Å². The molecule has 0 saturated carbocycles. The van der Waals surface area contributed by atoms with E-state index in [1.807, 2.05) is 0 Å². The Balaban J connectivity index is 2.25. The molecule has 0 aliphatic carbocycles. The van der Waals surface area contributed by atoms with E-state index in [-0.39, 0.29) is 5.78 Å². The third kappa shape index (κ3) is 5.45. The third-order valence-electron chi connectivity index (χ3n) is 2.07. The molecule has 4 heteroatoms. The molecule has 1 heterocycles. The summed E-state index contributed by atoms with van der Waals surface area (Å²) in [5, 5.41) is 0. The summed E-state index contributed by atoms with van der Waals surface area (Å²) in [6.07, 6.45) is 1.52. The van der Waals surface area contributed by atoms with Crippen molar-refractivity contribution in [1.82, 2.24) is 4.98 Å². The first-order valence-corrected chi connectivity index (χ1v) is 5.77. The first kappa shape index (κ1) is 13.6. The smallest absolute Gasteiger partial charge is 0.213 e. The van der Waals surface area contributed by atoms with Crippen molar-refractivity contribution in [2.45, 2.75) is 20.8 Å². The second kappa shape index (κ2) is 7.01. The molecule has 4 nitrogen and oxygen atoms in total. The molecule has 1 rings (SSSR count). The number of aromatic nitrogens is 1. The van der Waals surface area contributed by atoms with Crippen molar-refractivity contribution >= 4 is 5.78 Å². The van der Waals surface area contributed by atoms with E-state index in [1.165, 1.54) is 13.1 Å². The molecular weight excluding hydrogens is 218 g/mol. The van der Waals surface area contributed by atoms with Crippen molar-refractivity contribution < 1.29 is 14.3 Å². The lowest BCUT2D eigenvalue weighted by atomic mass is 10.2. The lowest BCUT2D eigenvalue weighted by Gasteiger charge is -2.08. The Kier molecular flexibility index (Phi) is 5.63. The van der Waals surface area contributed by atoms with E-state index >= 15 is 0 Å². The number of carbonyl (C=O) groups excluding carboxylic acids is 1. The molecular formula is C13H19NO3. The minimum atomic E-state index is 0.00400. The number of ether oxygens (including phenoxy) is 2. The maximum Gasteiger partial charge on any atom is 0.213 e. The van der Waals surface area contributed by atoms with E-state index in [0.29, 0.717) is 30.6 Å². The van der Waals surface area contributed by atoms with E-state index in [9.17, 15) is 4.79 Å². The van der Waals surface area contributed by atoms with Crippen LogP contribution in [-0.4, -0.2) is 30.6 Å². The van der Waals surface area contributed by atoms with E-state index in [0.717, 1.165) is 6.61 Å². The van der Waals surface area contributed by atoms with Gasteiger partial charge in [-0.05, 0) is 18.9 Å². The molecule has 1 aromatic heterocycles. The fraction of sp³-hybridized carbons (Fsp3) is 0.538. The van der Waals surface area contributed by atoms with Crippen molar-refractivity contribution in [3.63, 3.8) is 0 Å². The molecule has 94 valence electrons. The predicted molar refractivity (Wildman–Crippen MR) is 65.4 cm³/mol. The molecule has 0 aliphatic heterocycles. The lowest BCUT2D eigenvalue weighted by Crippen LogP contribution is -2.10. The molecule has 0 aromatic carbocycles. The Bertz CT molecular complexity index is 346. The topological polar surface area (TPSA) is 48.4 Å². The summed E-state index contributed by atoms with van der Waals surface area (Å²) in [5.74, 6) is 1.05. The molecule has 0 atom stereocenters. The first-order chi connectivity index (χ1) is 8.09. The van der Waals surface area contributed by atoms with Crippen molar-refractivity contribution in [2.24, 2.45) is 5.92 Å². The SMILES string of the molecule is CC(=O)c1ccc(OCCOCC(C)C)nc1. The van der Waals surface area contributed by atoms with Crippen molar-refractivity contribution in [3.8, 4) is 5.88 Å². The van der Waals surface area contributed by atoms with Gasteiger partial charge in [-0.1, -0.05) is 13.8 Å². The summed E-state index contributed by atoms with van der Waals surface area (Å²) in [6, 6.07) is 3.40. The second-order valence-electron chi connectivity index (χ2n) is 4.26. The molecule has 0 radical (unpaired) electrons. The minimum absolute atomic E-state index is 0.00400. The summed E-state index contributed by atoms with van der Waals surface area (Å²) in [7, 11) is 0. The van der Waals surface area contributed by atoms with Gasteiger partial charge in [0.2, 0.25) is 5.88 Å². The number of carbonyl (C=O) groups is 1. The molecule has 0 fully saturated rings. The van der Waals surface area contributed by atoms with Crippen LogP contribution in [0.3, 0.4) is 0 Å². The standard InChI is InChI=1S/C13H19NO3/c1-10(2)9-16-6-7-17-13-5-4-12(8-14-13)11(3)15/h4-5,8,10H,6-7,9H2,1-3H3. The van der Waals surface area contributed by atoms with Crippen LogP contribution in [0.25, 0.3) is 0 Å². The Morgan fingerprint density at radius 3 is 2.65 bits per heavy atom. The van der Waals surface area contributed by atoms with Gasteiger partial charge in [-0.3, -0.25) is 4.79 Å². The highest BCUT2D eigenvalue weighted by Gasteiger charge is 2.01. The summed E-state index contributed by atoms with van der Waals surface area (Å²) in [6.45, 7) is 7.47. The highest BCUT2D eigenvalue weighted by atomic mass is 16.5. The Hall–Kier alpha value is -1.42. The molecule has 0 aliphatic rings. The van der Waals surface area contributed by atoms with Crippen LogP contribution < -0.4 is 4.74 Å². The number of hydrogen-bond donors (Lipinski definition) is 0. The molecule has 1 aromatic rings. The molecule has 0 saturated heterocycles. The van der Waals surface area contributed by atoms with Crippen molar-refractivity contribution in [2.75, 3.05) is 19.8 Å². The normalized spacial score (nSPS) is 10.6. The van der Waals surface area contributed by atoms with Gasteiger partial charge in [-0.15, -0.1) is 0 Å². The van der Waals surface area contributed by atoms with E-state index in [1.54, 1.807) is 12.1 Å². The fourth-order valence-corrected chi connectivity index (χ4v) is 1.20. The van der Waals surface area contributed by atoms with Gasteiger partial charge in [-0.25, -0.2) is 4.98 Å². The van der Waals surface area contributed by atoms with Crippen LogP contribution in [0.4, 0.5) is 0 Å². The zero-order valence-electron chi connectivity index (χ0n) is 10.6. The maximum atomic E-state index is 11.0. The number of pyridine rings is 1. The highest BCUT2D eigenvalue weighted by Crippen LogP contribution is 2.07. The molecule has 0 amide bonds. The van der Waals surface area contributed by atoms with Crippen LogP contribution in [0.15, 0.2) is 18.3 Å². The Labute approximate surface area is 102 Å². The zero-order chi connectivity index (χ0) is 12.7. The van der Waals surface area contributed by atoms with Gasteiger partial charge >= 0.3 is 0 Å². The van der Waals surface area contributed by atoms with Crippen LogP contribution in [-0.2, 0) is 4.74 Å². The minimum Gasteiger partial charge on any atom is -0.475 e.